The van der Waals surface area contributed by atoms with Crippen LogP contribution >= 0.6 is 11.3 Å². The highest BCUT2D eigenvalue weighted by atomic mass is 32.1. The molecule has 5 nitrogen and oxygen atoms in total. The molecule has 0 radical (unpaired) electrons. The smallest absolute Gasteiger partial charge is 0.258 e. The van der Waals surface area contributed by atoms with E-state index in [4.69, 9.17) is 4.74 Å². The molecule has 27 heavy (non-hydrogen) atoms. The summed E-state index contributed by atoms with van der Waals surface area (Å²) < 4.78 is 5.42. The van der Waals surface area contributed by atoms with Gasteiger partial charge in [0.25, 0.3) is 5.91 Å². The summed E-state index contributed by atoms with van der Waals surface area (Å²) in [6, 6.07) is 11.7. The zero-order chi connectivity index (χ0) is 19.1. The van der Waals surface area contributed by atoms with Gasteiger partial charge in [0.1, 0.15) is 5.75 Å². The highest BCUT2D eigenvalue weighted by Gasteiger charge is 2.36. The number of thiophene rings is 1. The van der Waals surface area contributed by atoms with E-state index in [1.165, 1.54) is 17.7 Å². The van der Waals surface area contributed by atoms with Gasteiger partial charge in [0, 0.05) is 16.8 Å². The lowest BCUT2D eigenvalue weighted by molar-refractivity contribution is -0.127. The first kappa shape index (κ1) is 19.4. The first-order chi connectivity index (χ1) is 13.1. The zero-order valence-electron chi connectivity index (χ0n) is 15.6. The molecule has 2 aromatic rings. The largest absolute Gasteiger partial charge is 0.484 e. The minimum atomic E-state index is -0.306. The van der Waals surface area contributed by atoms with Crippen molar-refractivity contribution in [3.8, 4) is 5.75 Å². The molecular formula is C21H26N2O3S. The summed E-state index contributed by atoms with van der Waals surface area (Å²) in [7, 11) is 0. The fourth-order valence-corrected chi connectivity index (χ4v) is 4.47. The number of rotatable bonds is 8. The molecule has 1 fully saturated rings. The number of amides is 2. The Kier molecular flexibility index (Phi) is 6.50. The third kappa shape index (κ3) is 5.32. The molecule has 0 spiro atoms. The topological polar surface area (TPSA) is 67.4 Å². The van der Waals surface area contributed by atoms with Gasteiger partial charge in [-0.1, -0.05) is 36.6 Å². The Morgan fingerprint density at radius 3 is 2.48 bits per heavy atom. The molecular weight excluding hydrogens is 360 g/mol. The van der Waals surface area contributed by atoms with Gasteiger partial charge < -0.3 is 15.4 Å². The predicted molar refractivity (Wildman–Crippen MR) is 107 cm³/mol. The molecule has 1 aliphatic carbocycles. The maximum absolute atomic E-state index is 12.2. The average Bonchev–Trinajstić information content (AvgIpc) is 3.36. The highest BCUT2D eigenvalue weighted by Crippen LogP contribution is 2.42. The van der Waals surface area contributed by atoms with E-state index in [1.807, 2.05) is 31.2 Å². The molecule has 144 valence electrons. The van der Waals surface area contributed by atoms with Gasteiger partial charge in [-0.05, 0) is 43.3 Å². The van der Waals surface area contributed by atoms with E-state index in [1.54, 1.807) is 11.3 Å². The van der Waals surface area contributed by atoms with Crippen LogP contribution in [0.2, 0.25) is 0 Å². The van der Waals surface area contributed by atoms with Crippen molar-refractivity contribution in [1.82, 2.24) is 10.6 Å². The summed E-state index contributed by atoms with van der Waals surface area (Å²) in [4.78, 5) is 25.4. The van der Waals surface area contributed by atoms with Gasteiger partial charge in [-0.2, -0.15) is 0 Å². The van der Waals surface area contributed by atoms with Crippen molar-refractivity contribution < 1.29 is 14.3 Å². The lowest BCUT2D eigenvalue weighted by Gasteiger charge is -2.28. The molecule has 0 saturated heterocycles. The Bertz CT molecular complexity index is 750. The molecule has 0 aliphatic heterocycles. The van der Waals surface area contributed by atoms with Crippen LogP contribution in [0.15, 0.2) is 41.8 Å². The predicted octanol–water partition coefficient (Wildman–Crippen LogP) is 3.18. The van der Waals surface area contributed by atoms with Crippen molar-refractivity contribution in [2.24, 2.45) is 0 Å². The Morgan fingerprint density at radius 2 is 1.81 bits per heavy atom. The van der Waals surface area contributed by atoms with Crippen LogP contribution in [0.4, 0.5) is 0 Å². The van der Waals surface area contributed by atoms with Crippen LogP contribution in [0.5, 0.6) is 5.75 Å². The van der Waals surface area contributed by atoms with Gasteiger partial charge in [-0.3, -0.25) is 9.59 Å². The zero-order valence-corrected chi connectivity index (χ0v) is 16.4. The quantitative estimate of drug-likeness (QED) is 0.732. The van der Waals surface area contributed by atoms with E-state index in [0.717, 1.165) is 18.4 Å². The van der Waals surface area contributed by atoms with E-state index in [-0.39, 0.29) is 30.4 Å². The van der Waals surface area contributed by atoms with Gasteiger partial charge in [-0.15, -0.1) is 11.3 Å². The summed E-state index contributed by atoms with van der Waals surface area (Å²) in [6.07, 6.45) is 4.59. The molecule has 6 heteroatoms. The summed E-state index contributed by atoms with van der Waals surface area (Å²) >= 11 is 1.76. The third-order valence-corrected chi connectivity index (χ3v) is 6.18. The van der Waals surface area contributed by atoms with Crippen molar-refractivity contribution in [1.29, 1.82) is 0 Å². The Hall–Kier alpha value is -2.34. The third-order valence-electron chi connectivity index (χ3n) is 5.07. The molecule has 1 saturated carbocycles. The minimum Gasteiger partial charge on any atom is -0.484 e. The number of aryl methyl sites for hydroxylation is 1. The molecule has 2 N–H and O–H groups in total. The van der Waals surface area contributed by atoms with Crippen molar-refractivity contribution in [2.75, 3.05) is 19.7 Å². The molecule has 2 amide bonds. The number of benzene rings is 1. The second-order valence-corrected chi connectivity index (χ2v) is 8.07. The van der Waals surface area contributed by atoms with Crippen molar-refractivity contribution in [3.05, 3.63) is 52.2 Å². The SMILES string of the molecule is Cc1ccc(OCC(=O)NCC(=O)NCC2(c3cccs3)CCCC2)cc1. The summed E-state index contributed by atoms with van der Waals surface area (Å²) in [5.74, 6) is 0.167. The van der Waals surface area contributed by atoms with E-state index in [2.05, 4.69) is 28.1 Å². The van der Waals surface area contributed by atoms with Crippen LogP contribution < -0.4 is 15.4 Å². The minimum absolute atomic E-state index is 0.0311. The van der Waals surface area contributed by atoms with Gasteiger partial charge in [-0.25, -0.2) is 0 Å². The maximum Gasteiger partial charge on any atom is 0.258 e. The number of nitrogens with one attached hydrogen (secondary N) is 2. The number of carbonyl (C=O) groups is 2. The molecule has 1 aromatic heterocycles. The number of hydrogen-bond donors (Lipinski definition) is 2. The first-order valence-corrected chi connectivity index (χ1v) is 10.2. The van der Waals surface area contributed by atoms with Crippen LogP contribution in [-0.2, 0) is 15.0 Å². The van der Waals surface area contributed by atoms with E-state index in [9.17, 15) is 9.59 Å². The van der Waals surface area contributed by atoms with Crippen LogP contribution in [0.1, 0.15) is 36.1 Å². The van der Waals surface area contributed by atoms with E-state index in [0.29, 0.717) is 12.3 Å². The van der Waals surface area contributed by atoms with Gasteiger partial charge >= 0.3 is 0 Å². The number of carbonyl (C=O) groups excluding carboxylic acids is 2. The summed E-state index contributed by atoms with van der Waals surface area (Å²) in [6.45, 7) is 2.48. The Morgan fingerprint density at radius 1 is 1.07 bits per heavy atom. The van der Waals surface area contributed by atoms with Crippen molar-refractivity contribution in [2.45, 2.75) is 38.0 Å². The lowest BCUT2D eigenvalue weighted by Crippen LogP contribution is -2.44. The second-order valence-electron chi connectivity index (χ2n) is 7.12. The summed E-state index contributed by atoms with van der Waals surface area (Å²) in [5.41, 5.74) is 1.19. The molecule has 0 atom stereocenters. The van der Waals surface area contributed by atoms with Crippen molar-refractivity contribution in [3.63, 3.8) is 0 Å². The van der Waals surface area contributed by atoms with Crippen LogP contribution in [-0.4, -0.2) is 31.5 Å². The molecule has 0 unspecified atom stereocenters. The molecule has 1 heterocycles. The molecule has 0 bridgehead atoms. The molecule has 1 aliphatic rings. The lowest BCUT2D eigenvalue weighted by atomic mass is 9.84. The van der Waals surface area contributed by atoms with Gasteiger partial charge in [0.05, 0.1) is 6.54 Å². The number of hydrogen-bond acceptors (Lipinski definition) is 4. The Balaban J connectivity index is 1.40. The highest BCUT2D eigenvalue weighted by molar-refractivity contribution is 7.10. The standard InChI is InChI=1S/C21H26N2O3S/c1-16-6-8-17(9-7-16)26-14-20(25)22-13-19(24)23-15-21(10-2-3-11-21)18-5-4-12-27-18/h4-9,12H,2-3,10-11,13-15H2,1H3,(H,22,25)(H,23,24). The second kappa shape index (κ2) is 9.04. The fourth-order valence-electron chi connectivity index (χ4n) is 3.49. The number of ether oxygens (including phenoxy) is 1. The van der Waals surface area contributed by atoms with Crippen LogP contribution in [0.3, 0.4) is 0 Å². The Labute approximate surface area is 164 Å². The molecule has 1 aromatic carbocycles. The van der Waals surface area contributed by atoms with Gasteiger partial charge in [0.2, 0.25) is 5.91 Å². The fraction of sp³-hybridized carbons (Fsp3) is 0.429. The van der Waals surface area contributed by atoms with E-state index >= 15 is 0 Å². The monoisotopic (exact) mass is 386 g/mol. The van der Waals surface area contributed by atoms with Crippen LogP contribution in [0.25, 0.3) is 0 Å². The summed E-state index contributed by atoms with van der Waals surface area (Å²) in [5, 5.41) is 7.70. The van der Waals surface area contributed by atoms with E-state index < -0.39 is 0 Å². The van der Waals surface area contributed by atoms with Crippen LogP contribution in [0, 0.1) is 6.92 Å². The average molecular weight is 387 g/mol. The maximum atomic E-state index is 12.2. The van der Waals surface area contributed by atoms with Crippen molar-refractivity contribution >= 4 is 23.2 Å². The first-order valence-electron chi connectivity index (χ1n) is 9.34. The molecule has 3 rings (SSSR count). The van der Waals surface area contributed by atoms with Gasteiger partial charge in [0.15, 0.2) is 6.61 Å². The normalized spacial score (nSPS) is 15.3.